The maximum atomic E-state index is 12.5. The smallest absolute Gasteiger partial charge is 0.303 e. The van der Waals surface area contributed by atoms with Gasteiger partial charge in [0.15, 0.2) is 0 Å². The van der Waals surface area contributed by atoms with Crippen molar-refractivity contribution >= 4 is 11.9 Å². The summed E-state index contributed by atoms with van der Waals surface area (Å²) in [6, 6.07) is 0. The predicted molar refractivity (Wildman–Crippen MR) is 81.9 cm³/mol. The maximum absolute atomic E-state index is 12.5. The van der Waals surface area contributed by atoms with Gasteiger partial charge in [-0.05, 0) is 43.9 Å². The molecule has 1 N–H and O–H groups in total. The van der Waals surface area contributed by atoms with Crippen LogP contribution in [0.5, 0.6) is 0 Å². The first-order chi connectivity index (χ1) is 10.1. The third-order valence-electron chi connectivity index (χ3n) is 5.22. The minimum Gasteiger partial charge on any atom is -0.481 e. The topological polar surface area (TPSA) is 57.6 Å². The molecule has 0 aromatic rings. The quantitative estimate of drug-likeness (QED) is 0.818. The van der Waals surface area contributed by atoms with Crippen molar-refractivity contribution in [3.63, 3.8) is 0 Å². The molecule has 0 aromatic heterocycles. The molecule has 1 aliphatic carbocycles. The number of rotatable bonds is 6. The molecule has 0 bridgehead atoms. The molecule has 1 amide bonds. The van der Waals surface area contributed by atoms with E-state index >= 15 is 0 Å². The zero-order chi connectivity index (χ0) is 15.2. The molecule has 1 saturated carbocycles. The Labute approximate surface area is 127 Å². The van der Waals surface area contributed by atoms with Gasteiger partial charge in [-0.15, -0.1) is 0 Å². The summed E-state index contributed by atoms with van der Waals surface area (Å²) in [5.74, 6) is 0.730. The van der Waals surface area contributed by atoms with Gasteiger partial charge in [-0.1, -0.05) is 26.2 Å². The number of likely N-dealkylation sites (tertiary alicyclic amines) is 1. The van der Waals surface area contributed by atoms with Crippen molar-refractivity contribution in [1.29, 1.82) is 0 Å². The highest BCUT2D eigenvalue weighted by Crippen LogP contribution is 2.34. The van der Waals surface area contributed by atoms with Crippen LogP contribution in [0.4, 0.5) is 0 Å². The van der Waals surface area contributed by atoms with E-state index in [-0.39, 0.29) is 24.2 Å². The molecular weight excluding hydrogens is 266 g/mol. The van der Waals surface area contributed by atoms with Gasteiger partial charge < -0.3 is 10.0 Å². The summed E-state index contributed by atoms with van der Waals surface area (Å²) in [5, 5.41) is 8.84. The molecule has 0 spiro atoms. The number of carbonyl (C=O) groups is 2. The fourth-order valence-electron chi connectivity index (χ4n) is 3.90. The summed E-state index contributed by atoms with van der Waals surface area (Å²) in [4.78, 5) is 25.2. The number of carboxylic acids is 1. The Morgan fingerprint density at radius 3 is 2.43 bits per heavy atom. The highest BCUT2D eigenvalue weighted by Gasteiger charge is 2.33. The number of carbonyl (C=O) groups excluding carboxylic acids is 1. The van der Waals surface area contributed by atoms with E-state index < -0.39 is 5.97 Å². The molecule has 1 aliphatic heterocycles. The van der Waals surface area contributed by atoms with Crippen LogP contribution in [0.25, 0.3) is 0 Å². The molecule has 1 saturated heterocycles. The molecule has 1 heterocycles. The number of aliphatic carboxylic acids is 1. The Balaban J connectivity index is 1.74. The molecular formula is C17H29NO3. The first-order valence-corrected chi connectivity index (χ1v) is 8.60. The Kier molecular flexibility index (Phi) is 6.07. The standard InChI is InChI=1S/C17H29NO3/c1-2-3-4-13-5-7-15(8-6-13)17(21)18-10-9-14(12-18)11-16(19)20/h13-15H,2-12H2,1H3,(H,19,20). The van der Waals surface area contributed by atoms with Gasteiger partial charge in [0.1, 0.15) is 0 Å². The van der Waals surface area contributed by atoms with Crippen LogP contribution in [-0.4, -0.2) is 35.0 Å². The Bertz CT molecular complexity index is 361. The number of unbranched alkanes of at least 4 members (excludes halogenated alkanes) is 1. The lowest BCUT2D eigenvalue weighted by Gasteiger charge is -2.30. The van der Waals surface area contributed by atoms with Crippen LogP contribution >= 0.6 is 0 Å². The van der Waals surface area contributed by atoms with Gasteiger partial charge in [0, 0.05) is 25.4 Å². The molecule has 1 unspecified atom stereocenters. The predicted octanol–water partition coefficient (Wildman–Crippen LogP) is 3.31. The monoisotopic (exact) mass is 295 g/mol. The van der Waals surface area contributed by atoms with Gasteiger partial charge in [0.25, 0.3) is 0 Å². The van der Waals surface area contributed by atoms with Crippen LogP contribution in [-0.2, 0) is 9.59 Å². The summed E-state index contributed by atoms with van der Waals surface area (Å²) in [6.07, 6.45) is 9.41. The fourth-order valence-corrected chi connectivity index (χ4v) is 3.90. The molecule has 2 aliphatic rings. The minimum atomic E-state index is -0.745. The number of hydrogen-bond acceptors (Lipinski definition) is 2. The molecule has 21 heavy (non-hydrogen) atoms. The van der Waals surface area contributed by atoms with E-state index in [0.717, 1.165) is 31.7 Å². The lowest BCUT2D eigenvalue weighted by molar-refractivity contribution is -0.139. The average molecular weight is 295 g/mol. The van der Waals surface area contributed by atoms with Gasteiger partial charge in [-0.2, -0.15) is 0 Å². The first kappa shape index (κ1) is 16.3. The first-order valence-electron chi connectivity index (χ1n) is 8.60. The third-order valence-corrected chi connectivity index (χ3v) is 5.22. The van der Waals surface area contributed by atoms with Gasteiger partial charge in [-0.25, -0.2) is 0 Å². The van der Waals surface area contributed by atoms with Crippen molar-refractivity contribution < 1.29 is 14.7 Å². The highest BCUT2D eigenvalue weighted by atomic mass is 16.4. The largest absolute Gasteiger partial charge is 0.481 e. The number of nitrogens with zero attached hydrogens (tertiary/aromatic N) is 1. The van der Waals surface area contributed by atoms with Crippen molar-refractivity contribution in [2.45, 2.75) is 64.7 Å². The molecule has 4 heteroatoms. The molecule has 0 radical (unpaired) electrons. The van der Waals surface area contributed by atoms with Crippen LogP contribution in [0, 0.1) is 17.8 Å². The van der Waals surface area contributed by atoms with Crippen LogP contribution in [0.3, 0.4) is 0 Å². The van der Waals surface area contributed by atoms with Gasteiger partial charge in [-0.3, -0.25) is 9.59 Å². The molecule has 2 fully saturated rings. The number of hydrogen-bond donors (Lipinski definition) is 1. The zero-order valence-electron chi connectivity index (χ0n) is 13.2. The fraction of sp³-hybridized carbons (Fsp3) is 0.882. The highest BCUT2D eigenvalue weighted by molar-refractivity contribution is 5.79. The minimum absolute atomic E-state index is 0.160. The summed E-state index contributed by atoms with van der Waals surface area (Å²) in [6.45, 7) is 3.64. The number of carboxylic acid groups (broad SMARTS) is 1. The van der Waals surface area contributed by atoms with Gasteiger partial charge in [0.05, 0.1) is 0 Å². The maximum Gasteiger partial charge on any atom is 0.303 e. The van der Waals surface area contributed by atoms with Crippen LogP contribution < -0.4 is 0 Å². The van der Waals surface area contributed by atoms with Crippen molar-refractivity contribution in [3.8, 4) is 0 Å². The van der Waals surface area contributed by atoms with E-state index in [4.69, 9.17) is 5.11 Å². The third kappa shape index (κ3) is 4.72. The summed E-state index contributed by atoms with van der Waals surface area (Å²) in [7, 11) is 0. The van der Waals surface area contributed by atoms with Crippen molar-refractivity contribution in [1.82, 2.24) is 4.90 Å². The second-order valence-electron chi connectivity index (χ2n) is 6.90. The lowest BCUT2D eigenvalue weighted by atomic mass is 9.79. The van der Waals surface area contributed by atoms with Crippen molar-refractivity contribution in [2.24, 2.45) is 17.8 Å². The Morgan fingerprint density at radius 1 is 1.10 bits per heavy atom. The number of amides is 1. The molecule has 0 aromatic carbocycles. The molecule has 120 valence electrons. The van der Waals surface area contributed by atoms with Crippen molar-refractivity contribution in [2.75, 3.05) is 13.1 Å². The summed E-state index contributed by atoms with van der Waals surface area (Å²) >= 11 is 0. The van der Waals surface area contributed by atoms with Gasteiger partial charge in [0.2, 0.25) is 5.91 Å². The average Bonchev–Trinajstić information content (AvgIpc) is 2.92. The van der Waals surface area contributed by atoms with E-state index in [0.29, 0.717) is 6.54 Å². The van der Waals surface area contributed by atoms with Crippen LogP contribution in [0.2, 0.25) is 0 Å². The Morgan fingerprint density at radius 2 is 1.81 bits per heavy atom. The Hall–Kier alpha value is -1.06. The van der Waals surface area contributed by atoms with E-state index in [1.54, 1.807) is 0 Å². The van der Waals surface area contributed by atoms with E-state index in [9.17, 15) is 9.59 Å². The lowest BCUT2D eigenvalue weighted by Crippen LogP contribution is -2.36. The zero-order valence-corrected chi connectivity index (χ0v) is 13.2. The second kappa shape index (κ2) is 7.81. The second-order valence-corrected chi connectivity index (χ2v) is 6.90. The van der Waals surface area contributed by atoms with E-state index in [1.165, 1.54) is 32.1 Å². The molecule has 1 atom stereocenters. The normalized spacial score (nSPS) is 29.6. The summed E-state index contributed by atoms with van der Waals surface area (Å²) < 4.78 is 0. The van der Waals surface area contributed by atoms with E-state index in [2.05, 4.69) is 6.92 Å². The van der Waals surface area contributed by atoms with E-state index in [1.807, 2.05) is 4.90 Å². The summed E-state index contributed by atoms with van der Waals surface area (Å²) in [5.41, 5.74) is 0. The van der Waals surface area contributed by atoms with Crippen LogP contribution in [0.1, 0.15) is 64.7 Å². The van der Waals surface area contributed by atoms with Crippen molar-refractivity contribution in [3.05, 3.63) is 0 Å². The molecule has 2 rings (SSSR count). The SMILES string of the molecule is CCCCC1CCC(C(=O)N2CCC(CC(=O)O)C2)CC1. The van der Waals surface area contributed by atoms with Crippen LogP contribution in [0.15, 0.2) is 0 Å². The van der Waals surface area contributed by atoms with Gasteiger partial charge >= 0.3 is 5.97 Å². The molecule has 4 nitrogen and oxygen atoms in total.